The van der Waals surface area contributed by atoms with Crippen LogP contribution in [0.2, 0.25) is 0 Å². The summed E-state index contributed by atoms with van der Waals surface area (Å²) in [6.45, 7) is 0.522. The third-order valence-electron chi connectivity index (χ3n) is 5.80. The van der Waals surface area contributed by atoms with E-state index < -0.39 is 0 Å². The molecule has 1 heterocycles. The molecule has 1 saturated carbocycles. The van der Waals surface area contributed by atoms with Crippen LogP contribution in [0.25, 0.3) is 21.9 Å². The Labute approximate surface area is 170 Å². The number of amides is 1. The number of pyridine rings is 1. The van der Waals surface area contributed by atoms with Gasteiger partial charge in [0.25, 0.3) is 0 Å². The maximum absolute atomic E-state index is 12.7. The summed E-state index contributed by atoms with van der Waals surface area (Å²) in [5, 5.41) is 5.39. The zero-order chi connectivity index (χ0) is 19.6. The second-order valence-corrected chi connectivity index (χ2v) is 7.64. The Morgan fingerprint density at radius 3 is 2.45 bits per heavy atom. The Balaban J connectivity index is 1.35. The highest BCUT2D eigenvalue weighted by molar-refractivity contribution is 5.98. The Kier molecular flexibility index (Phi) is 4.57. The summed E-state index contributed by atoms with van der Waals surface area (Å²) >= 11 is 0. The average molecular weight is 378 g/mol. The number of nitrogens with zero attached hydrogens (tertiary/aromatic N) is 1. The molecule has 3 nitrogen and oxygen atoms in total. The minimum atomic E-state index is 0.0883. The molecule has 1 aliphatic carbocycles. The van der Waals surface area contributed by atoms with Gasteiger partial charge >= 0.3 is 0 Å². The smallest absolute Gasteiger partial charge is 0.224 e. The van der Waals surface area contributed by atoms with Gasteiger partial charge < -0.3 is 5.32 Å². The van der Waals surface area contributed by atoms with Gasteiger partial charge in [0.05, 0.1) is 0 Å². The highest BCUT2D eigenvalue weighted by atomic mass is 16.2. The fourth-order valence-corrected chi connectivity index (χ4v) is 4.14. The van der Waals surface area contributed by atoms with Gasteiger partial charge in [0.15, 0.2) is 0 Å². The van der Waals surface area contributed by atoms with Crippen molar-refractivity contribution in [2.24, 2.45) is 5.92 Å². The van der Waals surface area contributed by atoms with Crippen LogP contribution in [0.5, 0.6) is 0 Å². The highest BCUT2D eigenvalue weighted by Gasteiger charge is 2.43. The lowest BCUT2D eigenvalue weighted by molar-refractivity contribution is -0.122. The SMILES string of the molecule is O=C(NCc1ccc(-c2ccccc2)c2ccncc12)[C@H]1C[C@H]1c1ccccc1. The molecule has 1 amide bonds. The van der Waals surface area contributed by atoms with Crippen LogP contribution in [0.3, 0.4) is 0 Å². The van der Waals surface area contributed by atoms with E-state index in [1.807, 2.05) is 36.7 Å². The zero-order valence-electron chi connectivity index (χ0n) is 16.1. The van der Waals surface area contributed by atoms with E-state index in [0.29, 0.717) is 12.5 Å². The number of fused-ring (bicyclic) bond motifs is 1. The normalized spacial score (nSPS) is 17.8. The van der Waals surface area contributed by atoms with Gasteiger partial charge in [0.1, 0.15) is 0 Å². The van der Waals surface area contributed by atoms with Crippen LogP contribution >= 0.6 is 0 Å². The number of hydrogen-bond acceptors (Lipinski definition) is 2. The minimum absolute atomic E-state index is 0.0883. The molecule has 0 saturated heterocycles. The Morgan fingerprint density at radius 2 is 1.66 bits per heavy atom. The summed E-state index contributed by atoms with van der Waals surface area (Å²) in [6.07, 6.45) is 4.66. The fourth-order valence-electron chi connectivity index (χ4n) is 4.14. The minimum Gasteiger partial charge on any atom is -0.352 e. The van der Waals surface area contributed by atoms with Gasteiger partial charge in [0, 0.05) is 30.2 Å². The van der Waals surface area contributed by atoms with E-state index >= 15 is 0 Å². The largest absolute Gasteiger partial charge is 0.352 e. The summed E-state index contributed by atoms with van der Waals surface area (Å²) in [7, 11) is 0. The molecule has 2 atom stereocenters. The van der Waals surface area contributed by atoms with Crippen LogP contribution in [0, 0.1) is 5.92 Å². The maximum Gasteiger partial charge on any atom is 0.224 e. The van der Waals surface area contributed by atoms with Crippen molar-refractivity contribution < 1.29 is 4.79 Å². The van der Waals surface area contributed by atoms with Crippen LogP contribution in [-0.2, 0) is 11.3 Å². The van der Waals surface area contributed by atoms with E-state index in [0.717, 1.165) is 22.8 Å². The summed E-state index contributed by atoms with van der Waals surface area (Å²) in [6, 6.07) is 27.0. The van der Waals surface area contributed by atoms with Gasteiger partial charge in [0.2, 0.25) is 5.91 Å². The van der Waals surface area contributed by atoms with Crippen LogP contribution in [-0.4, -0.2) is 10.9 Å². The molecule has 142 valence electrons. The number of rotatable bonds is 5. The summed E-state index contributed by atoms with van der Waals surface area (Å²) < 4.78 is 0. The lowest BCUT2D eigenvalue weighted by Gasteiger charge is -2.12. The third-order valence-corrected chi connectivity index (χ3v) is 5.80. The predicted molar refractivity (Wildman–Crippen MR) is 116 cm³/mol. The number of benzene rings is 3. The van der Waals surface area contributed by atoms with E-state index in [-0.39, 0.29) is 11.8 Å². The van der Waals surface area contributed by atoms with Gasteiger partial charge in [-0.25, -0.2) is 0 Å². The number of hydrogen-bond donors (Lipinski definition) is 1. The van der Waals surface area contributed by atoms with Crippen molar-refractivity contribution in [1.82, 2.24) is 10.3 Å². The molecule has 0 bridgehead atoms. The van der Waals surface area contributed by atoms with Crippen LogP contribution in [0.15, 0.2) is 91.3 Å². The van der Waals surface area contributed by atoms with Crippen molar-refractivity contribution in [2.45, 2.75) is 18.9 Å². The number of carbonyl (C=O) groups excluding carboxylic acids is 1. The Bertz CT molecular complexity index is 1160. The topological polar surface area (TPSA) is 42.0 Å². The quantitative estimate of drug-likeness (QED) is 0.510. The molecular formula is C26H22N2O. The molecule has 0 spiro atoms. The molecular weight excluding hydrogens is 356 g/mol. The second-order valence-electron chi connectivity index (χ2n) is 7.64. The van der Waals surface area contributed by atoms with E-state index in [1.54, 1.807) is 0 Å². The van der Waals surface area contributed by atoms with Crippen molar-refractivity contribution in [2.75, 3.05) is 0 Å². The van der Waals surface area contributed by atoms with Crippen LogP contribution < -0.4 is 5.32 Å². The van der Waals surface area contributed by atoms with Gasteiger partial charge in [-0.05, 0) is 46.0 Å². The molecule has 0 unspecified atom stereocenters. The summed E-state index contributed by atoms with van der Waals surface area (Å²) in [5.41, 5.74) is 4.72. The highest BCUT2D eigenvalue weighted by Crippen LogP contribution is 2.47. The molecule has 29 heavy (non-hydrogen) atoms. The number of nitrogens with one attached hydrogen (secondary N) is 1. The molecule has 3 heteroatoms. The zero-order valence-corrected chi connectivity index (χ0v) is 16.1. The Hall–Kier alpha value is -3.46. The van der Waals surface area contributed by atoms with Gasteiger partial charge in [-0.15, -0.1) is 0 Å². The number of carbonyl (C=O) groups is 1. The first-order valence-corrected chi connectivity index (χ1v) is 10.0. The first-order chi connectivity index (χ1) is 14.3. The monoisotopic (exact) mass is 378 g/mol. The first-order valence-electron chi connectivity index (χ1n) is 10.0. The lowest BCUT2D eigenvalue weighted by atomic mass is 9.96. The van der Waals surface area contributed by atoms with Crippen molar-refractivity contribution in [3.05, 3.63) is 102 Å². The second kappa shape index (κ2) is 7.51. The molecule has 0 aliphatic heterocycles. The van der Waals surface area contributed by atoms with E-state index in [4.69, 9.17) is 0 Å². The van der Waals surface area contributed by atoms with Crippen LogP contribution in [0.4, 0.5) is 0 Å². The van der Waals surface area contributed by atoms with Gasteiger partial charge in [-0.3, -0.25) is 9.78 Å². The van der Waals surface area contributed by atoms with E-state index in [1.165, 1.54) is 16.7 Å². The molecule has 1 N–H and O–H groups in total. The van der Waals surface area contributed by atoms with E-state index in [9.17, 15) is 4.79 Å². The van der Waals surface area contributed by atoms with E-state index in [2.05, 4.69) is 64.9 Å². The fraction of sp³-hybridized carbons (Fsp3) is 0.154. The predicted octanol–water partition coefficient (Wildman–Crippen LogP) is 5.32. The first kappa shape index (κ1) is 17.6. The molecule has 1 aliphatic rings. The molecule has 1 aromatic heterocycles. The Morgan fingerprint density at radius 1 is 0.897 bits per heavy atom. The molecule has 1 fully saturated rings. The standard InChI is InChI=1S/C26H22N2O/c29-26(24-15-23(24)19-9-5-2-6-10-19)28-16-20-11-12-21(18-7-3-1-4-8-18)22-13-14-27-17-25(20)22/h1-14,17,23-24H,15-16H2,(H,28,29)/t23-,24-/m0/s1. The molecule has 0 radical (unpaired) electrons. The van der Waals surface area contributed by atoms with Crippen molar-refractivity contribution in [1.29, 1.82) is 0 Å². The van der Waals surface area contributed by atoms with Crippen molar-refractivity contribution in [3.8, 4) is 11.1 Å². The van der Waals surface area contributed by atoms with Gasteiger partial charge in [-0.1, -0.05) is 72.8 Å². The number of aromatic nitrogens is 1. The van der Waals surface area contributed by atoms with Gasteiger partial charge in [-0.2, -0.15) is 0 Å². The molecule has 5 rings (SSSR count). The lowest BCUT2D eigenvalue weighted by Crippen LogP contribution is -2.25. The average Bonchev–Trinajstić information content (AvgIpc) is 3.59. The van der Waals surface area contributed by atoms with Crippen molar-refractivity contribution >= 4 is 16.7 Å². The third kappa shape index (κ3) is 3.52. The summed E-state index contributed by atoms with van der Waals surface area (Å²) in [5.74, 6) is 0.587. The molecule has 3 aromatic carbocycles. The maximum atomic E-state index is 12.7. The molecule has 4 aromatic rings. The van der Waals surface area contributed by atoms with Crippen molar-refractivity contribution in [3.63, 3.8) is 0 Å². The van der Waals surface area contributed by atoms with Crippen LogP contribution in [0.1, 0.15) is 23.5 Å². The summed E-state index contributed by atoms with van der Waals surface area (Å²) in [4.78, 5) is 17.0.